The number of carbonyl (C=O) groups is 1. The van der Waals surface area contributed by atoms with Crippen LogP contribution < -0.4 is 15.8 Å². The van der Waals surface area contributed by atoms with Crippen LogP contribution in [0.2, 0.25) is 5.02 Å². The topological polar surface area (TPSA) is 64.3 Å². The van der Waals surface area contributed by atoms with Crippen molar-refractivity contribution >= 4 is 17.5 Å². The predicted octanol–water partition coefficient (Wildman–Crippen LogP) is 1.85. The van der Waals surface area contributed by atoms with Crippen LogP contribution in [0.1, 0.15) is 24.8 Å². The molecule has 0 spiro atoms. The molecule has 1 aromatic carbocycles. The number of halogens is 1. The van der Waals surface area contributed by atoms with Gasteiger partial charge in [0.15, 0.2) is 0 Å². The molecule has 1 aliphatic carbocycles. The van der Waals surface area contributed by atoms with Crippen molar-refractivity contribution in [2.45, 2.75) is 31.8 Å². The van der Waals surface area contributed by atoms with Gasteiger partial charge in [-0.25, -0.2) is 0 Å². The second-order valence-electron chi connectivity index (χ2n) is 4.36. The Morgan fingerprint density at radius 1 is 1.50 bits per heavy atom. The molecule has 0 saturated heterocycles. The molecule has 1 aliphatic rings. The fourth-order valence-corrected chi connectivity index (χ4v) is 1.90. The Bertz CT molecular complexity index is 433. The summed E-state index contributed by atoms with van der Waals surface area (Å²) in [5.74, 6) is 0.693. The van der Waals surface area contributed by atoms with Crippen molar-refractivity contribution in [1.29, 1.82) is 0 Å². The molecule has 0 atom stereocenters. The number of ether oxygens (including phenoxy) is 1. The maximum atomic E-state index is 11.5. The van der Waals surface area contributed by atoms with Crippen molar-refractivity contribution in [2.75, 3.05) is 6.61 Å². The number of hydrogen-bond donors (Lipinski definition) is 2. The van der Waals surface area contributed by atoms with Crippen LogP contribution in [0.15, 0.2) is 18.2 Å². The van der Waals surface area contributed by atoms with Gasteiger partial charge in [0.05, 0.1) is 13.0 Å². The van der Waals surface area contributed by atoms with Crippen molar-refractivity contribution < 1.29 is 9.53 Å². The van der Waals surface area contributed by atoms with Gasteiger partial charge in [0, 0.05) is 23.2 Å². The van der Waals surface area contributed by atoms with Crippen LogP contribution in [0, 0.1) is 0 Å². The summed E-state index contributed by atoms with van der Waals surface area (Å²) in [6.45, 7) is 0.662. The maximum absolute atomic E-state index is 11.5. The first-order chi connectivity index (χ1) is 8.70. The summed E-state index contributed by atoms with van der Waals surface area (Å²) in [7, 11) is 0. The summed E-state index contributed by atoms with van der Waals surface area (Å²) in [5.41, 5.74) is 6.39. The Morgan fingerprint density at radius 2 is 2.28 bits per heavy atom. The van der Waals surface area contributed by atoms with Gasteiger partial charge in [0.1, 0.15) is 5.75 Å². The Morgan fingerprint density at radius 3 is 2.94 bits per heavy atom. The van der Waals surface area contributed by atoms with Crippen LogP contribution in [0.3, 0.4) is 0 Å². The smallest absolute Gasteiger partial charge is 0.223 e. The Hall–Kier alpha value is -1.26. The fraction of sp³-hybridized carbons (Fsp3) is 0.462. The van der Waals surface area contributed by atoms with E-state index in [2.05, 4.69) is 5.32 Å². The number of nitrogens with two attached hydrogens (primary N) is 1. The quantitative estimate of drug-likeness (QED) is 0.828. The van der Waals surface area contributed by atoms with Crippen molar-refractivity contribution in [1.82, 2.24) is 5.32 Å². The van der Waals surface area contributed by atoms with Crippen molar-refractivity contribution in [3.05, 3.63) is 28.8 Å². The van der Waals surface area contributed by atoms with Gasteiger partial charge in [-0.05, 0) is 25.0 Å². The summed E-state index contributed by atoms with van der Waals surface area (Å²) in [6.07, 6.45) is 2.55. The summed E-state index contributed by atoms with van der Waals surface area (Å²) in [6, 6.07) is 5.79. The van der Waals surface area contributed by atoms with E-state index >= 15 is 0 Å². The number of carbonyl (C=O) groups excluding carboxylic acids is 1. The largest absolute Gasteiger partial charge is 0.493 e. The highest BCUT2D eigenvalue weighted by Gasteiger charge is 2.22. The van der Waals surface area contributed by atoms with Crippen LogP contribution in [0.4, 0.5) is 0 Å². The molecule has 0 radical (unpaired) electrons. The van der Waals surface area contributed by atoms with Crippen LogP contribution >= 0.6 is 11.6 Å². The lowest BCUT2D eigenvalue weighted by Crippen LogP contribution is -2.26. The molecular weight excluding hydrogens is 252 g/mol. The molecule has 1 aromatic rings. The molecule has 0 heterocycles. The molecule has 98 valence electrons. The van der Waals surface area contributed by atoms with Gasteiger partial charge in [-0.3, -0.25) is 4.79 Å². The third-order valence-corrected chi connectivity index (χ3v) is 3.16. The van der Waals surface area contributed by atoms with Crippen LogP contribution in [0.25, 0.3) is 0 Å². The Labute approximate surface area is 111 Å². The van der Waals surface area contributed by atoms with E-state index in [0.29, 0.717) is 36.4 Å². The summed E-state index contributed by atoms with van der Waals surface area (Å²) < 4.78 is 5.56. The van der Waals surface area contributed by atoms with Gasteiger partial charge < -0.3 is 15.8 Å². The summed E-state index contributed by atoms with van der Waals surface area (Å²) in [4.78, 5) is 11.5. The molecule has 0 aliphatic heterocycles. The highest BCUT2D eigenvalue weighted by atomic mass is 35.5. The molecular formula is C13H17ClN2O2. The zero-order valence-corrected chi connectivity index (χ0v) is 10.9. The van der Waals surface area contributed by atoms with E-state index in [1.165, 1.54) is 0 Å². The third-order valence-electron chi connectivity index (χ3n) is 2.81. The number of rotatable bonds is 6. The first-order valence-corrected chi connectivity index (χ1v) is 6.48. The maximum Gasteiger partial charge on any atom is 0.223 e. The molecule has 0 bridgehead atoms. The van der Waals surface area contributed by atoms with Gasteiger partial charge in [0.25, 0.3) is 0 Å². The van der Waals surface area contributed by atoms with Gasteiger partial charge in [-0.2, -0.15) is 0 Å². The van der Waals surface area contributed by atoms with Crippen molar-refractivity contribution in [2.24, 2.45) is 5.73 Å². The highest BCUT2D eigenvalue weighted by molar-refractivity contribution is 6.31. The summed E-state index contributed by atoms with van der Waals surface area (Å²) >= 11 is 6.01. The monoisotopic (exact) mass is 268 g/mol. The second-order valence-corrected chi connectivity index (χ2v) is 4.77. The molecule has 0 aromatic heterocycles. The first kappa shape index (κ1) is 13.2. The number of nitrogens with one attached hydrogen (secondary N) is 1. The third kappa shape index (κ3) is 3.62. The molecule has 1 amide bonds. The lowest BCUT2D eigenvalue weighted by molar-refractivity contribution is -0.121. The second kappa shape index (κ2) is 6.07. The van der Waals surface area contributed by atoms with Crippen molar-refractivity contribution in [3.63, 3.8) is 0 Å². The molecule has 0 unspecified atom stereocenters. The van der Waals surface area contributed by atoms with Crippen molar-refractivity contribution in [3.8, 4) is 5.75 Å². The normalized spacial score (nSPS) is 14.3. The molecule has 1 fully saturated rings. The van der Waals surface area contributed by atoms with Crippen LogP contribution in [0.5, 0.6) is 5.75 Å². The number of benzene rings is 1. The molecule has 1 saturated carbocycles. The predicted molar refractivity (Wildman–Crippen MR) is 70.6 cm³/mol. The lowest BCUT2D eigenvalue weighted by Gasteiger charge is -2.11. The average Bonchev–Trinajstić information content (AvgIpc) is 3.13. The molecule has 4 nitrogen and oxygen atoms in total. The zero-order valence-electron chi connectivity index (χ0n) is 10.1. The van der Waals surface area contributed by atoms with E-state index in [-0.39, 0.29) is 5.91 Å². The van der Waals surface area contributed by atoms with E-state index in [4.69, 9.17) is 22.1 Å². The van der Waals surface area contributed by atoms with Gasteiger partial charge in [0.2, 0.25) is 5.91 Å². The van der Waals surface area contributed by atoms with Gasteiger partial charge in [-0.1, -0.05) is 17.7 Å². The van der Waals surface area contributed by atoms with E-state index in [1.54, 1.807) is 12.1 Å². The standard InChI is InChI=1S/C13H17ClN2O2/c14-11-2-1-3-12(10(11)8-15)18-7-6-13(17)16-9-4-5-9/h1-3,9H,4-8,15H2,(H,16,17). The van der Waals surface area contributed by atoms with E-state index in [9.17, 15) is 4.79 Å². The Balaban J connectivity index is 1.82. The molecule has 5 heteroatoms. The van der Waals surface area contributed by atoms with E-state index in [0.717, 1.165) is 18.4 Å². The molecule has 2 rings (SSSR count). The minimum absolute atomic E-state index is 0.0360. The van der Waals surface area contributed by atoms with E-state index < -0.39 is 0 Å². The van der Waals surface area contributed by atoms with Gasteiger partial charge >= 0.3 is 0 Å². The SMILES string of the molecule is NCc1c(Cl)cccc1OCCC(=O)NC1CC1. The first-order valence-electron chi connectivity index (χ1n) is 6.10. The van der Waals surface area contributed by atoms with Gasteiger partial charge in [-0.15, -0.1) is 0 Å². The zero-order chi connectivity index (χ0) is 13.0. The molecule has 3 N–H and O–H groups in total. The highest BCUT2D eigenvalue weighted by Crippen LogP contribution is 2.26. The summed E-state index contributed by atoms with van der Waals surface area (Å²) in [5, 5.41) is 3.51. The number of hydrogen-bond acceptors (Lipinski definition) is 3. The van der Waals surface area contributed by atoms with Crippen LogP contribution in [-0.4, -0.2) is 18.6 Å². The number of amides is 1. The molecule has 18 heavy (non-hydrogen) atoms. The Kier molecular flexibility index (Phi) is 4.44. The lowest BCUT2D eigenvalue weighted by atomic mass is 10.2. The van der Waals surface area contributed by atoms with Crippen LogP contribution in [-0.2, 0) is 11.3 Å². The fourth-order valence-electron chi connectivity index (χ4n) is 1.65. The minimum Gasteiger partial charge on any atom is -0.493 e. The average molecular weight is 269 g/mol. The van der Waals surface area contributed by atoms with E-state index in [1.807, 2.05) is 6.07 Å². The minimum atomic E-state index is 0.0360.